The maximum atomic E-state index is 12.4. The predicted octanol–water partition coefficient (Wildman–Crippen LogP) is 3.49. The molecule has 0 nitrogen and oxygen atoms in total. The zero-order valence-corrected chi connectivity index (χ0v) is 6.54. The van der Waals surface area contributed by atoms with Gasteiger partial charge in [-0.25, -0.2) is 13.2 Å². The Labute approximate surface area is 71.2 Å². The van der Waals surface area contributed by atoms with E-state index in [1.807, 2.05) is 0 Å². The molecule has 0 amide bonds. The maximum Gasteiger partial charge on any atom is 0.394 e. The van der Waals surface area contributed by atoms with Crippen molar-refractivity contribution in [3.63, 3.8) is 0 Å². The number of allylic oxidation sites excluding steroid dienone is 1. The second-order valence-electron chi connectivity index (χ2n) is 2.54. The molecule has 0 heterocycles. The Hall–Kier alpha value is -0.680. The molecular formula is C7H8F6. The fraction of sp³-hybridized carbons (Fsp3) is 0.714. The molecule has 13 heavy (non-hydrogen) atoms. The third kappa shape index (κ3) is 4.80. The normalized spacial score (nSPS) is 15.5. The molecule has 0 aliphatic carbocycles. The number of hydrogen-bond donors (Lipinski definition) is 0. The molecule has 0 aliphatic rings. The molecule has 0 rings (SSSR count). The minimum absolute atomic E-state index is 0.789. The Kier molecular flexibility index (Phi) is 3.81. The van der Waals surface area contributed by atoms with E-state index in [1.165, 1.54) is 0 Å². The molecule has 0 aromatic rings. The van der Waals surface area contributed by atoms with Crippen molar-refractivity contribution in [1.29, 1.82) is 0 Å². The molecule has 0 aromatic carbocycles. The van der Waals surface area contributed by atoms with Crippen LogP contribution in [0.15, 0.2) is 12.7 Å². The lowest BCUT2D eigenvalue weighted by atomic mass is 10.1. The van der Waals surface area contributed by atoms with Crippen molar-refractivity contribution >= 4 is 0 Å². The molecular weight excluding hydrogens is 198 g/mol. The highest BCUT2D eigenvalue weighted by molar-refractivity contribution is 4.85. The van der Waals surface area contributed by atoms with Crippen LogP contribution in [0.1, 0.15) is 12.8 Å². The van der Waals surface area contributed by atoms with Gasteiger partial charge in [0.25, 0.3) is 5.92 Å². The summed E-state index contributed by atoms with van der Waals surface area (Å²) in [4.78, 5) is 0. The van der Waals surface area contributed by atoms with Crippen LogP contribution in [0, 0.1) is 0 Å². The molecule has 0 bridgehead atoms. The third-order valence-electron chi connectivity index (χ3n) is 1.27. The molecule has 0 aliphatic heterocycles. The third-order valence-corrected chi connectivity index (χ3v) is 1.27. The molecule has 78 valence electrons. The van der Waals surface area contributed by atoms with Gasteiger partial charge in [0.1, 0.15) is 6.42 Å². The Balaban J connectivity index is 4.29. The van der Waals surface area contributed by atoms with Gasteiger partial charge in [0, 0.05) is 6.42 Å². The molecule has 1 atom stereocenters. The summed E-state index contributed by atoms with van der Waals surface area (Å²) in [5.41, 5.74) is 0. The van der Waals surface area contributed by atoms with Gasteiger partial charge >= 0.3 is 6.18 Å². The van der Waals surface area contributed by atoms with E-state index in [9.17, 15) is 26.3 Å². The van der Waals surface area contributed by atoms with Crippen LogP contribution < -0.4 is 0 Å². The van der Waals surface area contributed by atoms with Gasteiger partial charge in [0.05, 0.1) is 0 Å². The molecule has 6 heteroatoms. The standard InChI is InChI=1S/C7H8F6/c1-2-3-5(8)6(9,10)4-7(11,12)13/h2,5H,1,3-4H2. The van der Waals surface area contributed by atoms with Crippen molar-refractivity contribution in [3.8, 4) is 0 Å². The van der Waals surface area contributed by atoms with Gasteiger partial charge in [0.2, 0.25) is 0 Å². The highest BCUT2D eigenvalue weighted by Crippen LogP contribution is 2.36. The van der Waals surface area contributed by atoms with Crippen LogP contribution in [0.25, 0.3) is 0 Å². The van der Waals surface area contributed by atoms with Crippen LogP contribution in [0.5, 0.6) is 0 Å². The first-order valence-corrected chi connectivity index (χ1v) is 3.38. The fourth-order valence-corrected chi connectivity index (χ4v) is 0.697. The zero-order valence-electron chi connectivity index (χ0n) is 6.54. The van der Waals surface area contributed by atoms with Crippen LogP contribution >= 0.6 is 0 Å². The monoisotopic (exact) mass is 206 g/mol. The molecule has 0 saturated carbocycles. The molecule has 1 unspecified atom stereocenters. The van der Waals surface area contributed by atoms with E-state index in [4.69, 9.17) is 0 Å². The average Bonchev–Trinajstić information content (AvgIpc) is 1.82. The second-order valence-corrected chi connectivity index (χ2v) is 2.54. The summed E-state index contributed by atoms with van der Waals surface area (Å²) in [5.74, 6) is -4.37. The lowest BCUT2D eigenvalue weighted by Crippen LogP contribution is -2.35. The molecule has 0 spiro atoms. The smallest absolute Gasteiger partial charge is 0.241 e. The van der Waals surface area contributed by atoms with E-state index >= 15 is 0 Å². The average molecular weight is 206 g/mol. The minimum atomic E-state index is -5.06. The van der Waals surface area contributed by atoms with Gasteiger partial charge in [0.15, 0.2) is 6.17 Å². The van der Waals surface area contributed by atoms with Gasteiger partial charge in [-0.2, -0.15) is 13.2 Å². The molecule has 0 radical (unpaired) electrons. The largest absolute Gasteiger partial charge is 0.394 e. The van der Waals surface area contributed by atoms with Crippen molar-refractivity contribution in [2.24, 2.45) is 0 Å². The summed E-state index contributed by atoms with van der Waals surface area (Å²) in [6.07, 6.45) is -10.3. The Morgan fingerprint density at radius 2 is 1.62 bits per heavy atom. The first-order chi connectivity index (χ1) is 5.69. The number of alkyl halides is 6. The highest BCUT2D eigenvalue weighted by Gasteiger charge is 2.48. The van der Waals surface area contributed by atoms with E-state index in [-0.39, 0.29) is 0 Å². The number of hydrogen-bond acceptors (Lipinski definition) is 0. The van der Waals surface area contributed by atoms with Crippen LogP contribution in [0.2, 0.25) is 0 Å². The highest BCUT2D eigenvalue weighted by atomic mass is 19.4. The second kappa shape index (κ2) is 4.02. The first-order valence-electron chi connectivity index (χ1n) is 3.38. The quantitative estimate of drug-likeness (QED) is 0.488. The molecule has 0 fully saturated rings. The minimum Gasteiger partial charge on any atom is -0.241 e. The van der Waals surface area contributed by atoms with Crippen LogP contribution in [-0.4, -0.2) is 18.3 Å². The summed E-state index contributed by atoms with van der Waals surface area (Å²) in [5, 5.41) is 0. The Morgan fingerprint density at radius 1 is 1.15 bits per heavy atom. The van der Waals surface area contributed by atoms with Crippen LogP contribution in [0.4, 0.5) is 26.3 Å². The van der Waals surface area contributed by atoms with Gasteiger partial charge in [-0.1, -0.05) is 6.08 Å². The van der Waals surface area contributed by atoms with E-state index in [0.717, 1.165) is 6.08 Å². The van der Waals surface area contributed by atoms with Crippen molar-refractivity contribution in [1.82, 2.24) is 0 Å². The van der Waals surface area contributed by atoms with Gasteiger partial charge in [-0.15, -0.1) is 6.58 Å². The maximum absolute atomic E-state index is 12.4. The Morgan fingerprint density at radius 3 is 1.92 bits per heavy atom. The molecule has 0 N–H and O–H groups in total. The fourth-order valence-electron chi connectivity index (χ4n) is 0.697. The summed E-state index contributed by atoms with van der Waals surface area (Å²) in [7, 11) is 0. The van der Waals surface area contributed by atoms with Crippen molar-refractivity contribution in [3.05, 3.63) is 12.7 Å². The van der Waals surface area contributed by atoms with Gasteiger partial charge < -0.3 is 0 Å². The molecule has 0 saturated heterocycles. The number of halogens is 6. The summed E-state index contributed by atoms with van der Waals surface area (Å²) in [6.45, 7) is 2.96. The summed E-state index contributed by atoms with van der Waals surface area (Å²) >= 11 is 0. The topological polar surface area (TPSA) is 0 Å². The summed E-state index contributed by atoms with van der Waals surface area (Å²) in [6, 6.07) is 0. The van der Waals surface area contributed by atoms with E-state index in [1.54, 1.807) is 0 Å². The lowest BCUT2D eigenvalue weighted by molar-refractivity contribution is -0.204. The van der Waals surface area contributed by atoms with Crippen molar-refractivity contribution in [2.75, 3.05) is 0 Å². The first kappa shape index (κ1) is 12.3. The van der Waals surface area contributed by atoms with Crippen molar-refractivity contribution < 1.29 is 26.3 Å². The van der Waals surface area contributed by atoms with Crippen LogP contribution in [0.3, 0.4) is 0 Å². The SMILES string of the molecule is C=CCC(F)C(F)(F)CC(F)(F)F. The lowest BCUT2D eigenvalue weighted by Gasteiger charge is -2.20. The summed E-state index contributed by atoms with van der Waals surface area (Å²) < 4.78 is 71.5. The predicted molar refractivity (Wildman–Crippen MR) is 35.3 cm³/mol. The zero-order chi connectivity index (χ0) is 10.7. The molecule has 0 aromatic heterocycles. The van der Waals surface area contributed by atoms with E-state index < -0.39 is 31.1 Å². The van der Waals surface area contributed by atoms with Crippen LogP contribution in [-0.2, 0) is 0 Å². The Bertz CT molecular complexity index is 170. The van der Waals surface area contributed by atoms with Gasteiger partial charge in [-0.05, 0) is 0 Å². The van der Waals surface area contributed by atoms with E-state index in [2.05, 4.69) is 6.58 Å². The van der Waals surface area contributed by atoms with E-state index in [0.29, 0.717) is 0 Å². The van der Waals surface area contributed by atoms with Gasteiger partial charge in [-0.3, -0.25) is 0 Å². The number of rotatable bonds is 4. The van der Waals surface area contributed by atoms with Crippen molar-refractivity contribution in [2.45, 2.75) is 31.1 Å².